The van der Waals surface area contributed by atoms with E-state index in [-0.39, 0.29) is 5.91 Å². The number of aromatic amines is 1. The second kappa shape index (κ2) is 10.0. The van der Waals surface area contributed by atoms with Crippen molar-refractivity contribution in [3.8, 4) is 22.8 Å². The number of carbonyl (C=O) groups is 1. The van der Waals surface area contributed by atoms with Gasteiger partial charge in [-0.2, -0.15) is 0 Å². The summed E-state index contributed by atoms with van der Waals surface area (Å²) in [5, 5.41) is 4.84. The molecular formula is C25H23ClN2O3S. The van der Waals surface area contributed by atoms with Gasteiger partial charge in [0.15, 0.2) is 0 Å². The molecular weight excluding hydrogens is 444 g/mol. The van der Waals surface area contributed by atoms with E-state index in [1.54, 1.807) is 37.1 Å². The van der Waals surface area contributed by atoms with Crippen LogP contribution in [-0.4, -0.2) is 37.4 Å². The minimum Gasteiger partial charge on any atom is -0.497 e. The Bertz CT molecular complexity index is 1240. The third-order valence-corrected chi connectivity index (χ3v) is 6.45. The molecule has 4 rings (SSSR count). The first-order valence-electron chi connectivity index (χ1n) is 10.1. The molecule has 0 spiro atoms. The Balaban J connectivity index is 1.47. The second-order valence-corrected chi connectivity index (χ2v) is 8.59. The first-order chi connectivity index (χ1) is 15.6. The highest BCUT2D eigenvalue weighted by Gasteiger charge is 2.15. The zero-order chi connectivity index (χ0) is 22.5. The first-order valence-corrected chi connectivity index (χ1v) is 11.5. The number of thioether (sulfide) groups is 1. The molecule has 1 heterocycles. The first kappa shape index (κ1) is 22.1. The fourth-order valence-corrected chi connectivity index (χ4v) is 4.67. The Morgan fingerprint density at radius 3 is 2.56 bits per heavy atom. The van der Waals surface area contributed by atoms with E-state index in [9.17, 15) is 4.79 Å². The standard InChI is InChI=1S/C25H23ClN2O3S/c1-30-18-11-12-20(22(15-18)31-2)25(29)27-13-14-32-24-19-5-3-4-6-21(19)28-23(24)16-7-9-17(26)10-8-16/h3-12,15,28H,13-14H2,1-2H3,(H,27,29). The normalized spacial score (nSPS) is 10.8. The molecule has 0 bridgehead atoms. The van der Waals surface area contributed by atoms with E-state index in [1.807, 2.05) is 36.4 Å². The van der Waals surface area contributed by atoms with Gasteiger partial charge in [0.1, 0.15) is 11.5 Å². The van der Waals surface area contributed by atoms with Crippen LogP contribution < -0.4 is 14.8 Å². The molecule has 0 unspecified atom stereocenters. The number of nitrogens with one attached hydrogen (secondary N) is 2. The highest BCUT2D eigenvalue weighted by atomic mass is 35.5. The zero-order valence-corrected chi connectivity index (χ0v) is 19.3. The molecule has 0 fully saturated rings. The molecule has 4 aromatic rings. The molecule has 32 heavy (non-hydrogen) atoms. The van der Waals surface area contributed by atoms with Gasteiger partial charge in [0.2, 0.25) is 0 Å². The van der Waals surface area contributed by atoms with Crippen LogP contribution in [0.15, 0.2) is 71.6 Å². The molecule has 0 aliphatic rings. The van der Waals surface area contributed by atoms with E-state index in [1.165, 1.54) is 7.11 Å². The van der Waals surface area contributed by atoms with Gasteiger partial charge in [-0.1, -0.05) is 41.9 Å². The van der Waals surface area contributed by atoms with Crippen molar-refractivity contribution in [2.24, 2.45) is 0 Å². The Hall–Kier alpha value is -3.09. The number of para-hydroxylation sites is 1. The number of benzene rings is 3. The molecule has 0 saturated carbocycles. The van der Waals surface area contributed by atoms with Crippen LogP contribution in [0.2, 0.25) is 5.02 Å². The average Bonchev–Trinajstić information content (AvgIpc) is 3.20. The molecule has 5 nitrogen and oxygen atoms in total. The molecule has 0 aliphatic carbocycles. The summed E-state index contributed by atoms with van der Waals surface area (Å²) < 4.78 is 10.5. The van der Waals surface area contributed by atoms with Gasteiger partial charge in [0.05, 0.1) is 25.5 Å². The van der Waals surface area contributed by atoms with Crippen molar-refractivity contribution in [2.75, 3.05) is 26.5 Å². The number of aromatic nitrogens is 1. The van der Waals surface area contributed by atoms with Crippen LogP contribution in [-0.2, 0) is 0 Å². The summed E-state index contributed by atoms with van der Waals surface area (Å²) >= 11 is 7.77. The van der Waals surface area contributed by atoms with Crippen molar-refractivity contribution < 1.29 is 14.3 Å². The van der Waals surface area contributed by atoms with E-state index >= 15 is 0 Å². The number of hydrogen-bond acceptors (Lipinski definition) is 4. The molecule has 2 N–H and O–H groups in total. The quantitative estimate of drug-likeness (QED) is 0.246. The Labute approximate surface area is 196 Å². The second-order valence-electron chi connectivity index (χ2n) is 7.05. The molecule has 3 aromatic carbocycles. The molecule has 0 aliphatic heterocycles. The number of rotatable bonds is 8. The van der Waals surface area contributed by atoms with Crippen molar-refractivity contribution in [1.82, 2.24) is 10.3 Å². The molecule has 7 heteroatoms. The number of ether oxygens (including phenoxy) is 2. The number of carbonyl (C=O) groups excluding carboxylic acids is 1. The van der Waals surface area contributed by atoms with Crippen molar-refractivity contribution in [2.45, 2.75) is 4.90 Å². The van der Waals surface area contributed by atoms with E-state index in [0.29, 0.717) is 34.4 Å². The molecule has 1 amide bonds. The van der Waals surface area contributed by atoms with Crippen LogP contribution in [0.25, 0.3) is 22.2 Å². The predicted molar refractivity (Wildman–Crippen MR) is 131 cm³/mol. The average molecular weight is 467 g/mol. The summed E-state index contributed by atoms with van der Waals surface area (Å²) in [6, 6.07) is 21.2. The van der Waals surface area contributed by atoms with Crippen LogP contribution in [0.3, 0.4) is 0 Å². The Kier molecular flexibility index (Phi) is 6.93. The minimum absolute atomic E-state index is 0.179. The third kappa shape index (κ3) is 4.71. The van der Waals surface area contributed by atoms with Crippen molar-refractivity contribution in [3.63, 3.8) is 0 Å². The lowest BCUT2D eigenvalue weighted by Crippen LogP contribution is -2.26. The molecule has 0 atom stereocenters. The highest BCUT2D eigenvalue weighted by molar-refractivity contribution is 7.99. The Morgan fingerprint density at radius 1 is 1.03 bits per heavy atom. The van der Waals surface area contributed by atoms with Crippen LogP contribution in [0.5, 0.6) is 11.5 Å². The number of hydrogen-bond donors (Lipinski definition) is 2. The van der Waals surface area contributed by atoms with Crippen LogP contribution in [0.4, 0.5) is 0 Å². The lowest BCUT2D eigenvalue weighted by atomic mass is 10.1. The topological polar surface area (TPSA) is 63.3 Å². The number of methoxy groups -OCH3 is 2. The van der Waals surface area contributed by atoms with Gasteiger partial charge in [-0.3, -0.25) is 4.79 Å². The molecule has 0 saturated heterocycles. The minimum atomic E-state index is -0.179. The van der Waals surface area contributed by atoms with Crippen LogP contribution >= 0.6 is 23.4 Å². The lowest BCUT2D eigenvalue weighted by Gasteiger charge is -2.11. The van der Waals surface area contributed by atoms with Crippen molar-refractivity contribution in [1.29, 1.82) is 0 Å². The summed E-state index contributed by atoms with van der Waals surface area (Å²) in [5.41, 5.74) is 3.68. The van der Waals surface area contributed by atoms with Gasteiger partial charge in [0.25, 0.3) is 5.91 Å². The Morgan fingerprint density at radius 2 is 1.81 bits per heavy atom. The zero-order valence-electron chi connectivity index (χ0n) is 17.8. The summed E-state index contributed by atoms with van der Waals surface area (Å²) in [6.07, 6.45) is 0. The van der Waals surface area contributed by atoms with Gasteiger partial charge in [-0.15, -0.1) is 11.8 Å². The monoisotopic (exact) mass is 466 g/mol. The number of fused-ring (bicyclic) bond motifs is 1. The maximum Gasteiger partial charge on any atom is 0.255 e. The lowest BCUT2D eigenvalue weighted by molar-refractivity contribution is 0.0953. The maximum atomic E-state index is 12.7. The highest BCUT2D eigenvalue weighted by Crippen LogP contribution is 2.37. The summed E-state index contributed by atoms with van der Waals surface area (Å²) in [5.74, 6) is 1.66. The van der Waals surface area contributed by atoms with E-state index in [2.05, 4.69) is 22.4 Å². The summed E-state index contributed by atoms with van der Waals surface area (Å²) in [7, 11) is 3.12. The van der Waals surface area contributed by atoms with Gasteiger partial charge in [-0.05, 0) is 35.9 Å². The van der Waals surface area contributed by atoms with E-state index in [4.69, 9.17) is 21.1 Å². The maximum absolute atomic E-state index is 12.7. The van der Waals surface area contributed by atoms with Crippen LogP contribution in [0, 0.1) is 0 Å². The van der Waals surface area contributed by atoms with Gasteiger partial charge in [-0.25, -0.2) is 0 Å². The molecule has 1 aromatic heterocycles. The molecule has 164 valence electrons. The summed E-state index contributed by atoms with van der Waals surface area (Å²) in [4.78, 5) is 17.3. The van der Waals surface area contributed by atoms with E-state index < -0.39 is 0 Å². The predicted octanol–water partition coefficient (Wildman–Crippen LogP) is 6.03. The summed E-state index contributed by atoms with van der Waals surface area (Å²) in [6.45, 7) is 0.512. The largest absolute Gasteiger partial charge is 0.497 e. The smallest absolute Gasteiger partial charge is 0.255 e. The fourth-order valence-electron chi connectivity index (χ4n) is 3.48. The van der Waals surface area contributed by atoms with Gasteiger partial charge < -0.3 is 19.8 Å². The number of halogens is 1. The fraction of sp³-hybridized carbons (Fsp3) is 0.160. The molecule has 0 radical (unpaired) electrons. The SMILES string of the molecule is COc1ccc(C(=O)NCCSc2c(-c3ccc(Cl)cc3)[nH]c3ccccc23)c(OC)c1. The van der Waals surface area contributed by atoms with Gasteiger partial charge >= 0.3 is 0 Å². The van der Waals surface area contributed by atoms with E-state index in [0.717, 1.165) is 27.1 Å². The van der Waals surface area contributed by atoms with Crippen molar-refractivity contribution >= 4 is 40.2 Å². The van der Waals surface area contributed by atoms with Crippen LogP contribution in [0.1, 0.15) is 10.4 Å². The number of H-pyrrole nitrogens is 1. The van der Waals surface area contributed by atoms with Gasteiger partial charge in [0, 0.05) is 39.2 Å². The van der Waals surface area contributed by atoms with Crippen molar-refractivity contribution in [3.05, 3.63) is 77.3 Å². The third-order valence-electron chi connectivity index (χ3n) is 5.08. The number of amides is 1.